The second-order valence-corrected chi connectivity index (χ2v) is 4.16. The summed E-state index contributed by atoms with van der Waals surface area (Å²) in [7, 11) is 1.73. The van der Waals surface area contributed by atoms with Crippen LogP contribution in [0.5, 0.6) is 0 Å². The summed E-state index contributed by atoms with van der Waals surface area (Å²) in [5, 5.41) is 4.63. The molecule has 92 valence electrons. The van der Waals surface area contributed by atoms with E-state index in [9.17, 15) is 0 Å². The highest BCUT2D eigenvalue weighted by Crippen LogP contribution is 2.24. The molecule has 17 heavy (non-hydrogen) atoms. The molecule has 0 aliphatic carbocycles. The highest BCUT2D eigenvalue weighted by Gasteiger charge is 2.09. The maximum absolute atomic E-state index is 5.71. The van der Waals surface area contributed by atoms with Crippen LogP contribution in [-0.2, 0) is 11.3 Å². The number of benzene rings is 1. The van der Waals surface area contributed by atoms with Gasteiger partial charge in [0.15, 0.2) is 0 Å². The molecule has 0 bridgehead atoms. The fourth-order valence-electron chi connectivity index (χ4n) is 2.00. The van der Waals surface area contributed by atoms with Crippen LogP contribution in [0.1, 0.15) is 17.7 Å². The first-order valence-electron chi connectivity index (χ1n) is 5.99. The average Bonchev–Trinajstić information content (AvgIpc) is 2.65. The molecular weight excluding hydrogens is 214 g/mol. The zero-order valence-electron chi connectivity index (χ0n) is 10.5. The maximum atomic E-state index is 5.71. The quantitative estimate of drug-likeness (QED) is 0.779. The lowest BCUT2D eigenvalue weighted by atomic mass is 10.1. The number of methoxy groups -OCH3 is 1. The van der Waals surface area contributed by atoms with Crippen LogP contribution >= 0.6 is 0 Å². The zero-order chi connectivity index (χ0) is 12.1. The smallest absolute Gasteiger partial charge is 0.134 e. The molecule has 1 heterocycles. The fraction of sp³-hybridized carbons (Fsp3) is 0.429. The Morgan fingerprint density at radius 1 is 1.29 bits per heavy atom. The Kier molecular flexibility index (Phi) is 4.18. The Labute approximate surface area is 102 Å². The predicted molar refractivity (Wildman–Crippen MR) is 69.2 cm³/mol. The number of furan rings is 1. The highest BCUT2D eigenvalue weighted by atomic mass is 16.5. The van der Waals surface area contributed by atoms with Crippen molar-refractivity contribution in [1.29, 1.82) is 0 Å². The van der Waals surface area contributed by atoms with Crippen LogP contribution in [0.2, 0.25) is 0 Å². The monoisotopic (exact) mass is 233 g/mol. The van der Waals surface area contributed by atoms with E-state index >= 15 is 0 Å². The van der Waals surface area contributed by atoms with Crippen LogP contribution in [-0.4, -0.2) is 20.3 Å². The average molecular weight is 233 g/mol. The van der Waals surface area contributed by atoms with Crippen molar-refractivity contribution in [3.05, 3.63) is 35.6 Å². The first-order valence-corrected chi connectivity index (χ1v) is 5.99. The third kappa shape index (κ3) is 2.87. The summed E-state index contributed by atoms with van der Waals surface area (Å²) in [5.74, 6) is 1.01. The van der Waals surface area contributed by atoms with E-state index in [1.807, 2.05) is 25.1 Å². The molecular formula is C14H19NO2. The molecule has 0 spiro atoms. The van der Waals surface area contributed by atoms with Gasteiger partial charge in [-0.05, 0) is 26.0 Å². The van der Waals surface area contributed by atoms with Crippen molar-refractivity contribution >= 4 is 11.0 Å². The number of ether oxygens (including phenoxy) is 1. The van der Waals surface area contributed by atoms with Gasteiger partial charge in [0.25, 0.3) is 0 Å². The molecule has 1 N–H and O–H groups in total. The van der Waals surface area contributed by atoms with E-state index in [2.05, 4.69) is 11.4 Å². The molecule has 0 saturated heterocycles. The van der Waals surface area contributed by atoms with Crippen molar-refractivity contribution in [3.8, 4) is 0 Å². The lowest BCUT2D eigenvalue weighted by Crippen LogP contribution is -2.16. The van der Waals surface area contributed by atoms with E-state index in [0.29, 0.717) is 0 Å². The predicted octanol–water partition coefficient (Wildman–Crippen LogP) is 2.87. The molecule has 1 aromatic heterocycles. The van der Waals surface area contributed by atoms with Crippen LogP contribution in [0.4, 0.5) is 0 Å². The minimum absolute atomic E-state index is 0.804. The molecule has 3 heteroatoms. The summed E-state index contributed by atoms with van der Waals surface area (Å²) >= 11 is 0. The second kappa shape index (κ2) is 5.84. The number of para-hydroxylation sites is 1. The molecule has 2 rings (SSSR count). The standard InChI is InChI=1S/C14H19NO2/c1-11-13(10-15-8-5-9-16-2)12-6-3-4-7-14(12)17-11/h3-4,6-7,15H,5,8-10H2,1-2H3. The van der Waals surface area contributed by atoms with E-state index in [-0.39, 0.29) is 0 Å². The first kappa shape index (κ1) is 12.1. The summed E-state index contributed by atoms with van der Waals surface area (Å²) in [6.45, 7) is 4.64. The molecule has 0 saturated carbocycles. The van der Waals surface area contributed by atoms with Crippen LogP contribution in [0.25, 0.3) is 11.0 Å². The van der Waals surface area contributed by atoms with E-state index in [1.54, 1.807) is 7.11 Å². The Morgan fingerprint density at radius 2 is 2.12 bits per heavy atom. The number of rotatable bonds is 6. The van der Waals surface area contributed by atoms with Crippen LogP contribution in [0.15, 0.2) is 28.7 Å². The molecule has 0 atom stereocenters. The van der Waals surface area contributed by atoms with Crippen molar-refractivity contribution in [2.75, 3.05) is 20.3 Å². The SMILES string of the molecule is COCCCNCc1c(C)oc2ccccc12. The Balaban J connectivity index is 2.00. The normalized spacial score (nSPS) is 11.2. The van der Waals surface area contributed by atoms with Crippen molar-refractivity contribution in [2.45, 2.75) is 19.9 Å². The molecule has 3 nitrogen and oxygen atoms in total. The van der Waals surface area contributed by atoms with Gasteiger partial charge in [-0.3, -0.25) is 0 Å². The van der Waals surface area contributed by atoms with Gasteiger partial charge in [0.2, 0.25) is 0 Å². The van der Waals surface area contributed by atoms with E-state index in [4.69, 9.17) is 9.15 Å². The largest absolute Gasteiger partial charge is 0.461 e. The van der Waals surface area contributed by atoms with Crippen molar-refractivity contribution < 1.29 is 9.15 Å². The topological polar surface area (TPSA) is 34.4 Å². The third-order valence-electron chi connectivity index (χ3n) is 2.90. The van der Waals surface area contributed by atoms with Crippen molar-refractivity contribution in [2.24, 2.45) is 0 Å². The van der Waals surface area contributed by atoms with Gasteiger partial charge in [-0.2, -0.15) is 0 Å². The molecule has 0 aliphatic rings. The van der Waals surface area contributed by atoms with E-state index < -0.39 is 0 Å². The molecule has 0 aliphatic heterocycles. The minimum Gasteiger partial charge on any atom is -0.461 e. The zero-order valence-corrected chi connectivity index (χ0v) is 10.5. The Hall–Kier alpha value is -1.32. The second-order valence-electron chi connectivity index (χ2n) is 4.16. The number of fused-ring (bicyclic) bond motifs is 1. The lowest BCUT2D eigenvalue weighted by molar-refractivity contribution is 0.194. The van der Waals surface area contributed by atoms with Gasteiger partial charge in [-0.25, -0.2) is 0 Å². The third-order valence-corrected chi connectivity index (χ3v) is 2.90. The number of hydrogen-bond acceptors (Lipinski definition) is 3. The number of aryl methyl sites for hydroxylation is 1. The van der Waals surface area contributed by atoms with E-state index in [1.165, 1.54) is 10.9 Å². The summed E-state index contributed by atoms with van der Waals surface area (Å²) in [4.78, 5) is 0. The van der Waals surface area contributed by atoms with Crippen molar-refractivity contribution in [3.63, 3.8) is 0 Å². The fourth-order valence-corrected chi connectivity index (χ4v) is 2.00. The van der Waals surface area contributed by atoms with Gasteiger partial charge in [0.1, 0.15) is 11.3 Å². The molecule has 0 radical (unpaired) electrons. The Bertz CT molecular complexity index is 476. The summed E-state index contributed by atoms with van der Waals surface area (Å²) < 4.78 is 10.7. The van der Waals surface area contributed by atoms with Crippen LogP contribution < -0.4 is 5.32 Å². The van der Waals surface area contributed by atoms with Gasteiger partial charge in [-0.15, -0.1) is 0 Å². The van der Waals surface area contributed by atoms with E-state index in [0.717, 1.165) is 37.5 Å². The molecule has 1 aromatic carbocycles. The summed E-state index contributed by atoms with van der Waals surface area (Å²) in [5.41, 5.74) is 2.23. The minimum atomic E-state index is 0.804. The van der Waals surface area contributed by atoms with Gasteiger partial charge < -0.3 is 14.5 Å². The first-order chi connectivity index (χ1) is 8.33. The molecule has 0 amide bonds. The van der Waals surface area contributed by atoms with Gasteiger partial charge >= 0.3 is 0 Å². The molecule has 0 unspecified atom stereocenters. The summed E-state index contributed by atoms with van der Waals surface area (Å²) in [6, 6.07) is 8.17. The van der Waals surface area contributed by atoms with Gasteiger partial charge in [0, 0.05) is 31.2 Å². The molecule has 2 aromatic rings. The number of nitrogens with one attached hydrogen (secondary N) is 1. The van der Waals surface area contributed by atoms with Crippen LogP contribution in [0.3, 0.4) is 0 Å². The number of hydrogen-bond donors (Lipinski definition) is 1. The molecule has 0 fully saturated rings. The van der Waals surface area contributed by atoms with Gasteiger partial charge in [-0.1, -0.05) is 18.2 Å². The van der Waals surface area contributed by atoms with Crippen molar-refractivity contribution in [1.82, 2.24) is 5.32 Å². The maximum Gasteiger partial charge on any atom is 0.134 e. The Morgan fingerprint density at radius 3 is 2.94 bits per heavy atom. The lowest BCUT2D eigenvalue weighted by Gasteiger charge is -2.03. The van der Waals surface area contributed by atoms with Gasteiger partial charge in [0.05, 0.1) is 0 Å². The highest BCUT2D eigenvalue weighted by molar-refractivity contribution is 5.82. The van der Waals surface area contributed by atoms with Crippen LogP contribution in [0, 0.1) is 6.92 Å². The summed E-state index contributed by atoms with van der Waals surface area (Å²) in [6.07, 6.45) is 1.03.